The molecule has 1 saturated heterocycles. The highest BCUT2D eigenvalue weighted by atomic mass is 35.5. The first-order chi connectivity index (χ1) is 9.99. The Hall–Kier alpha value is -1.55. The van der Waals surface area contributed by atoms with Crippen LogP contribution in [0.2, 0.25) is 5.02 Å². The average Bonchev–Trinajstić information content (AvgIpc) is 3.03. The van der Waals surface area contributed by atoms with Crippen LogP contribution in [0.5, 0.6) is 0 Å². The molecule has 1 amide bonds. The minimum absolute atomic E-state index is 0.349. The van der Waals surface area contributed by atoms with Crippen molar-refractivity contribution in [3.8, 4) is 0 Å². The van der Waals surface area contributed by atoms with Crippen LogP contribution in [-0.2, 0) is 4.79 Å². The van der Waals surface area contributed by atoms with Crippen molar-refractivity contribution < 1.29 is 9.59 Å². The first-order valence-electron chi connectivity index (χ1n) is 7.44. The normalized spacial score (nSPS) is 19.9. The van der Waals surface area contributed by atoms with Crippen molar-refractivity contribution in [3.63, 3.8) is 0 Å². The molecule has 2 aliphatic rings. The predicted octanol–water partition coefficient (Wildman–Crippen LogP) is 3.49. The summed E-state index contributed by atoms with van der Waals surface area (Å²) in [6.45, 7) is 6.40. The van der Waals surface area contributed by atoms with Crippen molar-refractivity contribution in [3.05, 3.63) is 22.7 Å². The van der Waals surface area contributed by atoms with Crippen LogP contribution in [0.4, 0.5) is 11.4 Å². The van der Waals surface area contributed by atoms with Crippen LogP contribution in [0.15, 0.2) is 12.1 Å². The number of carbonyl (C=O) groups excluding carboxylic acids is 2. The predicted molar refractivity (Wildman–Crippen MR) is 84.3 cm³/mol. The number of fused-ring (bicyclic) bond motifs is 1. The van der Waals surface area contributed by atoms with E-state index < -0.39 is 11.7 Å². The maximum atomic E-state index is 11.7. The molecule has 1 fully saturated rings. The fourth-order valence-corrected chi connectivity index (χ4v) is 3.65. The van der Waals surface area contributed by atoms with Crippen LogP contribution in [-0.4, -0.2) is 24.8 Å². The zero-order chi connectivity index (χ0) is 15.2. The molecule has 0 radical (unpaired) electrons. The van der Waals surface area contributed by atoms with E-state index in [1.807, 2.05) is 6.07 Å². The van der Waals surface area contributed by atoms with Crippen LogP contribution < -0.4 is 10.2 Å². The molecular formula is C16H19ClN2O2. The molecule has 0 atom stereocenters. The van der Waals surface area contributed by atoms with Crippen LogP contribution in [0.25, 0.3) is 0 Å². The van der Waals surface area contributed by atoms with E-state index in [0.717, 1.165) is 38.0 Å². The van der Waals surface area contributed by atoms with Crippen molar-refractivity contribution >= 4 is 34.7 Å². The molecular weight excluding hydrogens is 288 g/mol. The van der Waals surface area contributed by atoms with Gasteiger partial charge in [-0.2, -0.15) is 0 Å². The summed E-state index contributed by atoms with van der Waals surface area (Å²) in [5.41, 5.74) is 2.22. The van der Waals surface area contributed by atoms with Gasteiger partial charge in [0.15, 0.2) is 0 Å². The maximum absolute atomic E-state index is 11.7. The average molecular weight is 307 g/mol. The number of benzene rings is 1. The topological polar surface area (TPSA) is 49.4 Å². The molecule has 0 unspecified atom stereocenters. The van der Waals surface area contributed by atoms with Gasteiger partial charge in [-0.15, -0.1) is 0 Å². The van der Waals surface area contributed by atoms with E-state index >= 15 is 0 Å². The molecule has 2 heterocycles. The number of carbonyl (C=O) groups is 2. The zero-order valence-corrected chi connectivity index (χ0v) is 13.1. The van der Waals surface area contributed by atoms with E-state index in [2.05, 4.69) is 24.1 Å². The number of amides is 1. The van der Waals surface area contributed by atoms with Crippen molar-refractivity contribution in [1.82, 2.24) is 0 Å². The lowest BCUT2D eigenvalue weighted by Crippen LogP contribution is -2.26. The van der Waals surface area contributed by atoms with E-state index in [-0.39, 0.29) is 0 Å². The van der Waals surface area contributed by atoms with Crippen LogP contribution in [0.3, 0.4) is 0 Å². The smallest absolute Gasteiger partial charge is 0.296 e. The van der Waals surface area contributed by atoms with E-state index in [9.17, 15) is 9.59 Å². The van der Waals surface area contributed by atoms with Gasteiger partial charge in [-0.25, -0.2) is 0 Å². The van der Waals surface area contributed by atoms with Gasteiger partial charge >= 0.3 is 0 Å². The highest BCUT2D eigenvalue weighted by Crippen LogP contribution is 2.42. The summed E-state index contributed by atoms with van der Waals surface area (Å²) in [5, 5.41) is 3.16. The number of rotatable bonds is 3. The molecule has 4 nitrogen and oxygen atoms in total. The van der Waals surface area contributed by atoms with Gasteiger partial charge in [-0.3, -0.25) is 9.59 Å². The largest absolute Gasteiger partial charge is 0.370 e. The molecule has 112 valence electrons. The Morgan fingerprint density at radius 3 is 2.62 bits per heavy atom. The number of anilines is 2. The fourth-order valence-electron chi connectivity index (χ4n) is 3.36. The fraction of sp³-hybridized carbons (Fsp3) is 0.500. The van der Waals surface area contributed by atoms with Crippen molar-refractivity contribution in [2.45, 2.75) is 33.1 Å². The van der Waals surface area contributed by atoms with Gasteiger partial charge in [-0.1, -0.05) is 25.4 Å². The SMILES string of the molecule is CCC1(CC)CCN(c2cc3c(cc2Cl)C(=O)C(=O)N3)C1. The first-order valence-corrected chi connectivity index (χ1v) is 7.81. The van der Waals surface area contributed by atoms with Gasteiger partial charge in [0.05, 0.1) is 22.0 Å². The quantitative estimate of drug-likeness (QED) is 0.870. The van der Waals surface area contributed by atoms with E-state index in [0.29, 0.717) is 21.7 Å². The van der Waals surface area contributed by atoms with Gasteiger partial charge in [-0.05, 0) is 36.8 Å². The number of halogens is 1. The number of hydrogen-bond acceptors (Lipinski definition) is 3. The Labute approximate surface area is 129 Å². The summed E-state index contributed by atoms with van der Waals surface area (Å²) in [4.78, 5) is 25.4. The third kappa shape index (κ3) is 2.22. The lowest BCUT2D eigenvalue weighted by atomic mass is 9.82. The minimum atomic E-state index is -0.573. The van der Waals surface area contributed by atoms with Crippen molar-refractivity contribution in [2.75, 3.05) is 23.3 Å². The summed E-state index contributed by atoms with van der Waals surface area (Å²) >= 11 is 6.35. The highest BCUT2D eigenvalue weighted by Gasteiger charge is 2.37. The number of nitrogens with one attached hydrogen (secondary N) is 1. The second-order valence-electron chi connectivity index (χ2n) is 6.01. The Kier molecular flexibility index (Phi) is 3.44. The number of Topliss-reactive ketones (excluding diaryl/α,β-unsaturated/α-hetero) is 1. The van der Waals surface area contributed by atoms with Crippen LogP contribution in [0.1, 0.15) is 43.5 Å². The second-order valence-corrected chi connectivity index (χ2v) is 6.42. The first kappa shape index (κ1) is 14.4. The number of nitrogens with zero attached hydrogens (tertiary/aromatic N) is 1. The molecule has 0 aliphatic carbocycles. The lowest BCUT2D eigenvalue weighted by molar-refractivity contribution is -0.112. The number of hydrogen-bond donors (Lipinski definition) is 1. The Morgan fingerprint density at radius 1 is 1.29 bits per heavy atom. The Bertz CT molecular complexity index is 623. The Morgan fingerprint density at radius 2 is 2.00 bits per heavy atom. The molecule has 3 rings (SSSR count). The summed E-state index contributed by atoms with van der Waals surface area (Å²) in [5.74, 6) is -1.08. The summed E-state index contributed by atoms with van der Waals surface area (Å²) in [7, 11) is 0. The van der Waals surface area contributed by atoms with Gasteiger partial charge in [0.25, 0.3) is 11.7 Å². The zero-order valence-electron chi connectivity index (χ0n) is 12.3. The van der Waals surface area contributed by atoms with Crippen LogP contribution in [0, 0.1) is 5.41 Å². The van der Waals surface area contributed by atoms with Gasteiger partial charge in [0.1, 0.15) is 0 Å². The summed E-state index contributed by atoms with van der Waals surface area (Å²) in [6.07, 6.45) is 3.45. The molecule has 5 heteroatoms. The van der Waals surface area contributed by atoms with Gasteiger partial charge in [0.2, 0.25) is 0 Å². The maximum Gasteiger partial charge on any atom is 0.296 e. The second kappa shape index (κ2) is 5.02. The molecule has 21 heavy (non-hydrogen) atoms. The molecule has 0 bridgehead atoms. The van der Waals surface area contributed by atoms with Crippen LogP contribution >= 0.6 is 11.6 Å². The lowest BCUT2D eigenvalue weighted by Gasteiger charge is -2.27. The van der Waals surface area contributed by atoms with Gasteiger partial charge < -0.3 is 10.2 Å². The Balaban J connectivity index is 1.93. The van der Waals surface area contributed by atoms with E-state index in [4.69, 9.17) is 11.6 Å². The van der Waals surface area contributed by atoms with E-state index in [1.165, 1.54) is 0 Å². The van der Waals surface area contributed by atoms with Gasteiger partial charge in [0, 0.05) is 13.1 Å². The number of ketones is 1. The molecule has 1 aromatic rings. The summed E-state index contributed by atoms with van der Waals surface area (Å²) in [6, 6.07) is 3.45. The minimum Gasteiger partial charge on any atom is -0.370 e. The van der Waals surface area contributed by atoms with E-state index in [1.54, 1.807) is 6.07 Å². The van der Waals surface area contributed by atoms with Crippen molar-refractivity contribution in [1.29, 1.82) is 0 Å². The standard InChI is InChI=1S/C16H19ClN2O2/c1-3-16(4-2)5-6-19(9-16)13-8-12-10(7-11(13)17)14(20)15(21)18-12/h7-8H,3-6,9H2,1-2H3,(H,18,20,21). The molecule has 0 saturated carbocycles. The molecule has 1 aromatic carbocycles. The monoisotopic (exact) mass is 306 g/mol. The van der Waals surface area contributed by atoms with Crippen molar-refractivity contribution in [2.24, 2.45) is 5.41 Å². The highest BCUT2D eigenvalue weighted by molar-refractivity contribution is 6.52. The molecule has 1 N–H and O–H groups in total. The third-order valence-electron chi connectivity index (χ3n) is 5.07. The summed E-state index contributed by atoms with van der Waals surface area (Å²) < 4.78 is 0. The third-order valence-corrected chi connectivity index (χ3v) is 5.37. The molecule has 0 aromatic heterocycles. The molecule has 2 aliphatic heterocycles. The molecule has 0 spiro atoms.